The Kier molecular flexibility index (Phi) is 4.38. The number of rotatable bonds is 6. The number of carboxylic acids is 2. The second-order valence-electron chi connectivity index (χ2n) is 5.52. The van der Waals surface area contributed by atoms with E-state index < -0.39 is 23.8 Å². The average Bonchev–Trinajstić information content (AvgIpc) is 3.03. The molecule has 0 aliphatic carbocycles. The van der Waals surface area contributed by atoms with Gasteiger partial charge in [0.15, 0.2) is 5.92 Å². The van der Waals surface area contributed by atoms with Crippen LogP contribution in [0.25, 0.3) is 11.0 Å². The molecular formula is C18H16N2O5. The van der Waals surface area contributed by atoms with Gasteiger partial charge >= 0.3 is 11.9 Å². The fourth-order valence-electron chi connectivity index (χ4n) is 3.07. The number of fused-ring (bicyclic) bond motifs is 1. The van der Waals surface area contributed by atoms with Crippen LogP contribution in [0.4, 0.5) is 0 Å². The number of methoxy groups -OCH3 is 1. The Morgan fingerprint density at radius 2 is 1.80 bits per heavy atom. The van der Waals surface area contributed by atoms with E-state index in [0.717, 1.165) is 0 Å². The molecular weight excluding hydrogens is 324 g/mol. The molecule has 3 rings (SSSR count). The molecule has 0 aliphatic rings. The number of hydrogen-bond acceptors (Lipinski definition) is 4. The fraction of sp³-hybridized carbons (Fsp3) is 0.167. The lowest BCUT2D eigenvalue weighted by molar-refractivity contribution is -0.155. The molecule has 2 heterocycles. The summed E-state index contributed by atoms with van der Waals surface area (Å²) in [7, 11) is 1.49. The summed E-state index contributed by atoms with van der Waals surface area (Å²) in [5, 5.41) is 19.6. The standard InChI is InChI=1S/C18H16N2O5/c1-25-12-7-8-19-16-14(12)11(9-20-16)13(10-5-3-2-4-6-10)15(17(21)22)18(23)24/h2-9,13,15H,1H3,(H,19,20)(H,21,22)(H,23,24)/t13-/m1/s1. The van der Waals surface area contributed by atoms with Crippen LogP contribution in [0.1, 0.15) is 17.0 Å². The number of nitrogens with zero attached hydrogens (tertiary/aromatic N) is 1. The Bertz CT molecular complexity index is 906. The molecule has 0 unspecified atom stereocenters. The third kappa shape index (κ3) is 2.91. The molecule has 2 aromatic heterocycles. The summed E-state index contributed by atoms with van der Waals surface area (Å²) < 4.78 is 5.36. The fourth-order valence-corrected chi connectivity index (χ4v) is 3.07. The van der Waals surface area contributed by atoms with E-state index >= 15 is 0 Å². The first kappa shape index (κ1) is 16.5. The van der Waals surface area contributed by atoms with Crippen molar-refractivity contribution in [1.29, 1.82) is 0 Å². The smallest absolute Gasteiger partial charge is 0.318 e. The van der Waals surface area contributed by atoms with Crippen LogP contribution in [-0.4, -0.2) is 39.2 Å². The van der Waals surface area contributed by atoms with Gasteiger partial charge in [-0.3, -0.25) is 9.59 Å². The molecule has 1 atom stereocenters. The van der Waals surface area contributed by atoms with Gasteiger partial charge in [-0.05, 0) is 17.2 Å². The van der Waals surface area contributed by atoms with Crippen LogP contribution in [0.3, 0.4) is 0 Å². The summed E-state index contributed by atoms with van der Waals surface area (Å²) in [5.41, 5.74) is 1.61. The molecule has 0 bridgehead atoms. The minimum absolute atomic E-state index is 0.497. The van der Waals surface area contributed by atoms with Gasteiger partial charge in [-0.2, -0.15) is 0 Å². The first-order chi connectivity index (χ1) is 12.0. The van der Waals surface area contributed by atoms with Gasteiger partial charge in [-0.15, -0.1) is 0 Å². The second kappa shape index (κ2) is 6.64. The minimum Gasteiger partial charge on any atom is -0.496 e. The SMILES string of the molecule is COc1ccnc2[nH]cc([C@@H](c3ccccc3)C(C(=O)O)C(=O)O)c12. The Balaban J connectivity index is 2.29. The lowest BCUT2D eigenvalue weighted by atomic mass is 9.80. The van der Waals surface area contributed by atoms with E-state index in [-0.39, 0.29) is 0 Å². The van der Waals surface area contributed by atoms with Crippen LogP contribution < -0.4 is 4.74 Å². The molecule has 0 amide bonds. The highest BCUT2D eigenvalue weighted by Crippen LogP contribution is 2.39. The predicted molar refractivity (Wildman–Crippen MR) is 89.7 cm³/mol. The molecule has 0 spiro atoms. The zero-order valence-electron chi connectivity index (χ0n) is 13.3. The largest absolute Gasteiger partial charge is 0.496 e. The summed E-state index contributed by atoms with van der Waals surface area (Å²) in [5.74, 6) is -4.86. The van der Waals surface area contributed by atoms with Gasteiger partial charge in [-0.25, -0.2) is 4.98 Å². The number of aliphatic carboxylic acids is 2. The van der Waals surface area contributed by atoms with E-state index in [9.17, 15) is 19.8 Å². The number of pyridine rings is 1. The Hall–Kier alpha value is -3.35. The molecule has 0 saturated carbocycles. The van der Waals surface area contributed by atoms with E-state index in [4.69, 9.17) is 4.74 Å². The number of aromatic amines is 1. The van der Waals surface area contributed by atoms with Gasteiger partial charge in [0.25, 0.3) is 0 Å². The maximum absolute atomic E-state index is 11.7. The first-order valence-corrected chi connectivity index (χ1v) is 7.55. The van der Waals surface area contributed by atoms with Crippen LogP contribution in [0, 0.1) is 5.92 Å². The zero-order chi connectivity index (χ0) is 18.0. The lowest BCUT2D eigenvalue weighted by Crippen LogP contribution is -2.30. The van der Waals surface area contributed by atoms with E-state index in [2.05, 4.69) is 9.97 Å². The summed E-state index contributed by atoms with van der Waals surface area (Å²) in [4.78, 5) is 30.6. The van der Waals surface area contributed by atoms with Gasteiger partial charge in [0.2, 0.25) is 0 Å². The van der Waals surface area contributed by atoms with Gasteiger partial charge < -0.3 is 19.9 Å². The highest BCUT2D eigenvalue weighted by atomic mass is 16.5. The van der Waals surface area contributed by atoms with E-state index in [1.165, 1.54) is 7.11 Å². The van der Waals surface area contributed by atoms with Crippen molar-refractivity contribution in [3.05, 3.63) is 59.9 Å². The highest BCUT2D eigenvalue weighted by Gasteiger charge is 2.38. The molecule has 0 radical (unpaired) electrons. The Morgan fingerprint density at radius 1 is 1.12 bits per heavy atom. The third-order valence-corrected chi connectivity index (χ3v) is 4.14. The van der Waals surface area contributed by atoms with Crippen LogP contribution >= 0.6 is 0 Å². The molecule has 0 fully saturated rings. The minimum atomic E-state index is -1.65. The average molecular weight is 340 g/mol. The Morgan fingerprint density at radius 3 is 2.40 bits per heavy atom. The van der Waals surface area contributed by atoms with E-state index in [1.54, 1.807) is 48.8 Å². The molecule has 7 nitrogen and oxygen atoms in total. The maximum atomic E-state index is 11.7. The third-order valence-electron chi connectivity index (χ3n) is 4.14. The van der Waals surface area contributed by atoms with Crippen molar-refractivity contribution in [2.24, 2.45) is 5.92 Å². The van der Waals surface area contributed by atoms with Crippen LogP contribution in [0.5, 0.6) is 5.75 Å². The van der Waals surface area contributed by atoms with Crippen molar-refractivity contribution >= 4 is 23.0 Å². The molecule has 3 aromatic rings. The van der Waals surface area contributed by atoms with E-state index in [0.29, 0.717) is 27.9 Å². The van der Waals surface area contributed by atoms with E-state index in [1.807, 2.05) is 0 Å². The van der Waals surface area contributed by atoms with Gasteiger partial charge in [-0.1, -0.05) is 30.3 Å². The van der Waals surface area contributed by atoms with Crippen molar-refractivity contribution in [1.82, 2.24) is 9.97 Å². The number of H-pyrrole nitrogens is 1. The number of carbonyl (C=O) groups is 2. The molecule has 0 saturated heterocycles. The summed E-state index contributed by atoms with van der Waals surface area (Å²) in [6, 6.07) is 10.4. The molecule has 25 heavy (non-hydrogen) atoms. The van der Waals surface area contributed by atoms with Crippen LogP contribution in [0.15, 0.2) is 48.8 Å². The lowest BCUT2D eigenvalue weighted by Gasteiger charge is -2.21. The quantitative estimate of drug-likeness (QED) is 0.594. The predicted octanol–water partition coefficient (Wildman–Crippen LogP) is 2.49. The summed E-state index contributed by atoms with van der Waals surface area (Å²) in [6.07, 6.45) is 3.15. The van der Waals surface area contributed by atoms with Gasteiger partial charge in [0.05, 0.1) is 12.5 Å². The first-order valence-electron chi connectivity index (χ1n) is 7.55. The van der Waals surface area contributed by atoms with Crippen molar-refractivity contribution in [3.63, 3.8) is 0 Å². The number of benzene rings is 1. The number of ether oxygens (including phenoxy) is 1. The summed E-state index contributed by atoms with van der Waals surface area (Å²) in [6.45, 7) is 0. The maximum Gasteiger partial charge on any atom is 0.318 e. The number of carboxylic acid groups (broad SMARTS) is 2. The van der Waals surface area contributed by atoms with Gasteiger partial charge in [0, 0.05) is 18.3 Å². The molecule has 3 N–H and O–H groups in total. The van der Waals surface area contributed by atoms with Crippen molar-refractivity contribution < 1.29 is 24.5 Å². The summed E-state index contributed by atoms with van der Waals surface area (Å²) >= 11 is 0. The second-order valence-corrected chi connectivity index (χ2v) is 5.52. The topological polar surface area (TPSA) is 113 Å². The van der Waals surface area contributed by atoms with Gasteiger partial charge in [0.1, 0.15) is 11.4 Å². The monoisotopic (exact) mass is 340 g/mol. The molecule has 1 aromatic carbocycles. The van der Waals surface area contributed by atoms with Crippen molar-refractivity contribution in [3.8, 4) is 5.75 Å². The highest BCUT2D eigenvalue weighted by molar-refractivity contribution is 5.96. The zero-order valence-corrected chi connectivity index (χ0v) is 13.3. The normalized spacial score (nSPS) is 12.2. The molecule has 7 heteroatoms. The number of hydrogen-bond donors (Lipinski definition) is 3. The number of nitrogens with one attached hydrogen (secondary N) is 1. The van der Waals surface area contributed by atoms with Crippen molar-refractivity contribution in [2.45, 2.75) is 5.92 Å². The van der Waals surface area contributed by atoms with Crippen LogP contribution in [0.2, 0.25) is 0 Å². The molecule has 128 valence electrons. The Labute approximate surface area is 142 Å². The molecule has 0 aliphatic heterocycles. The van der Waals surface area contributed by atoms with Crippen LogP contribution in [-0.2, 0) is 9.59 Å². The van der Waals surface area contributed by atoms with Crippen molar-refractivity contribution in [2.75, 3.05) is 7.11 Å². The number of aromatic nitrogens is 2.